The van der Waals surface area contributed by atoms with E-state index in [-0.39, 0.29) is 6.29 Å². The van der Waals surface area contributed by atoms with Gasteiger partial charge < -0.3 is 9.47 Å². The van der Waals surface area contributed by atoms with Gasteiger partial charge in [-0.2, -0.15) is 0 Å². The Bertz CT molecular complexity index is 472. The molecule has 0 aliphatic heterocycles. The Balaban J connectivity index is 1.97. The van der Waals surface area contributed by atoms with Gasteiger partial charge in [0.25, 0.3) is 0 Å². The molecule has 0 saturated heterocycles. The second-order valence-electron chi connectivity index (χ2n) is 5.18. The molecule has 18 heavy (non-hydrogen) atoms. The lowest BCUT2D eigenvalue weighted by Crippen LogP contribution is -2.28. The van der Waals surface area contributed by atoms with Crippen molar-refractivity contribution in [3.05, 3.63) is 41.0 Å². The van der Waals surface area contributed by atoms with Crippen LogP contribution in [-0.4, -0.2) is 20.5 Å². The van der Waals surface area contributed by atoms with E-state index in [1.807, 2.05) is 0 Å². The lowest BCUT2D eigenvalue weighted by molar-refractivity contribution is -0.131. The van der Waals surface area contributed by atoms with Gasteiger partial charge in [0.15, 0.2) is 6.29 Å². The van der Waals surface area contributed by atoms with Crippen LogP contribution in [0.3, 0.4) is 0 Å². The molecule has 0 radical (unpaired) electrons. The minimum absolute atomic E-state index is 0.0930. The number of hydrogen-bond acceptors (Lipinski definition) is 2. The third-order valence-electron chi connectivity index (χ3n) is 4.29. The van der Waals surface area contributed by atoms with Crippen molar-refractivity contribution in [1.82, 2.24) is 0 Å². The SMILES string of the molecule is COC(OC)C1CCCC2=C1Cc1ccccc12. The van der Waals surface area contributed by atoms with Gasteiger partial charge in [0.1, 0.15) is 0 Å². The smallest absolute Gasteiger partial charge is 0.163 e. The highest BCUT2D eigenvalue weighted by Gasteiger charge is 2.34. The molecule has 0 fully saturated rings. The second-order valence-corrected chi connectivity index (χ2v) is 5.18. The van der Waals surface area contributed by atoms with Gasteiger partial charge in [-0.25, -0.2) is 0 Å². The number of benzene rings is 1. The first-order valence-electron chi connectivity index (χ1n) is 6.71. The van der Waals surface area contributed by atoms with Crippen LogP contribution in [0.15, 0.2) is 29.8 Å². The van der Waals surface area contributed by atoms with E-state index >= 15 is 0 Å². The van der Waals surface area contributed by atoms with E-state index in [0.29, 0.717) is 5.92 Å². The third-order valence-corrected chi connectivity index (χ3v) is 4.29. The first-order valence-corrected chi connectivity index (χ1v) is 6.71. The Labute approximate surface area is 109 Å². The van der Waals surface area contributed by atoms with Crippen LogP contribution in [0.1, 0.15) is 30.4 Å². The van der Waals surface area contributed by atoms with Gasteiger partial charge in [0.05, 0.1) is 0 Å². The van der Waals surface area contributed by atoms with Crippen LogP contribution >= 0.6 is 0 Å². The number of fused-ring (bicyclic) bond motifs is 2. The Kier molecular flexibility index (Phi) is 3.23. The van der Waals surface area contributed by atoms with Crippen LogP contribution in [-0.2, 0) is 15.9 Å². The summed E-state index contributed by atoms with van der Waals surface area (Å²) in [7, 11) is 3.48. The molecule has 1 aromatic rings. The summed E-state index contributed by atoms with van der Waals surface area (Å²) in [6.07, 6.45) is 4.62. The molecular formula is C16H20O2. The summed E-state index contributed by atoms with van der Waals surface area (Å²) in [5.74, 6) is 0.427. The highest BCUT2D eigenvalue weighted by molar-refractivity contribution is 5.77. The van der Waals surface area contributed by atoms with Gasteiger partial charge in [0.2, 0.25) is 0 Å². The number of rotatable bonds is 3. The van der Waals surface area contributed by atoms with Gasteiger partial charge in [-0.3, -0.25) is 0 Å². The van der Waals surface area contributed by atoms with Gasteiger partial charge in [-0.05, 0) is 42.4 Å². The van der Waals surface area contributed by atoms with Crippen LogP contribution in [0.5, 0.6) is 0 Å². The Morgan fingerprint density at radius 3 is 2.72 bits per heavy atom. The van der Waals surface area contributed by atoms with Crippen LogP contribution in [0.2, 0.25) is 0 Å². The standard InChI is InChI=1S/C16H20O2/c1-17-16(18-2)14-9-5-8-13-12-7-4-3-6-11(12)10-15(13)14/h3-4,6-7,14,16H,5,8-10H2,1-2H3. The molecule has 0 amide bonds. The van der Waals surface area contributed by atoms with E-state index in [1.165, 1.54) is 30.4 Å². The highest BCUT2D eigenvalue weighted by atomic mass is 16.7. The summed E-state index contributed by atoms with van der Waals surface area (Å²) < 4.78 is 11.0. The summed E-state index contributed by atoms with van der Waals surface area (Å²) in [6, 6.07) is 8.78. The topological polar surface area (TPSA) is 18.5 Å². The average molecular weight is 244 g/mol. The number of allylic oxidation sites excluding steroid dienone is 1. The molecule has 2 nitrogen and oxygen atoms in total. The van der Waals surface area contributed by atoms with Crippen LogP contribution in [0.25, 0.3) is 5.57 Å². The molecule has 0 N–H and O–H groups in total. The second kappa shape index (κ2) is 4.87. The van der Waals surface area contributed by atoms with E-state index in [1.54, 1.807) is 25.4 Å². The fourth-order valence-electron chi connectivity index (χ4n) is 3.50. The minimum Gasteiger partial charge on any atom is -0.355 e. The molecule has 0 aromatic heterocycles. The molecule has 0 heterocycles. The van der Waals surface area contributed by atoms with Crippen molar-refractivity contribution in [1.29, 1.82) is 0 Å². The third kappa shape index (κ3) is 1.80. The molecule has 3 rings (SSSR count). The lowest BCUT2D eigenvalue weighted by Gasteiger charge is -2.30. The molecule has 2 aliphatic carbocycles. The Morgan fingerprint density at radius 2 is 1.94 bits per heavy atom. The average Bonchev–Trinajstić information content (AvgIpc) is 2.80. The first kappa shape index (κ1) is 11.9. The molecular weight excluding hydrogens is 224 g/mol. The molecule has 1 aromatic carbocycles. The van der Waals surface area contributed by atoms with E-state index in [0.717, 1.165) is 6.42 Å². The zero-order valence-corrected chi connectivity index (χ0v) is 11.1. The first-order chi connectivity index (χ1) is 8.85. The highest BCUT2D eigenvalue weighted by Crippen LogP contribution is 2.45. The number of methoxy groups -OCH3 is 2. The summed E-state index contributed by atoms with van der Waals surface area (Å²) >= 11 is 0. The maximum atomic E-state index is 5.49. The van der Waals surface area contributed by atoms with Gasteiger partial charge >= 0.3 is 0 Å². The summed E-state index contributed by atoms with van der Waals surface area (Å²) in [6.45, 7) is 0. The molecule has 0 bridgehead atoms. The van der Waals surface area contributed by atoms with Gasteiger partial charge in [-0.15, -0.1) is 0 Å². The fraction of sp³-hybridized carbons (Fsp3) is 0.500. The van der Waals surface area contributed by atoms with Crippen LogP contribution in [0.4, 0.5) is 0 Å². The molecule has 0 spiro atoms. The molecule has 2 heteroatoms. The molecule has 0 saturated carbocycles. The van der Waals surface area contributed by atoms with E-state index in [9.17, 15) is 0 Å². The summed E-state index contributed by atoms with van der Waals surface area (Å²) in [5.41, 5.74) is 6.04. The van der Waals surface area contributed by atoms with Crippen molar-refractivity contribution < 1.29 is 9.47 Å². The molecule has 1 atom stereocenters. The minimum atomic E-state index is -0.0930. The zero-order chi connectivity index (χ0) is 12.5. The molecule has 2 aliphatic rings. The van der Waals surface area contributed by atoms with Crippen LogP contribution < -0.4 is 0 Å². The fourth-order valence-corrected chi connectivity index (χ4v) is 3.50. The number of ether oxygens (including phenoxy) is 2. The normalized spacial score (nSPS) is 22.3. The van der Waals surface area contributed by atoms with E-state index in [2.05, 4.69) is 24.3 Å². The predicted molar refractivity (Wildman–Crippen MR) is 72.2 cm³/mol. The van der Waals surface area contributed by atoms with E-state index < -0.39 is 0 Å². The van der Waals surface area contributed by atoms with Crippen molar-refractivity contribution in [2.24, 2.45) is 5.92 Å². The summed E-state index contributed by atoms with van der Waals surface area (Å²) in [4.78, 5) is 0. The number of hydrogen-bond donors (Lipinski definition) is 0. The zero-order valence-electron chi connectivity index (χ0n) is 11.1. The molecule has 1 unspecified atom stereocenters. The molecule has 96 valence electrons. The largest absolute Gasteiger partial charge is 0.355 e. The Hall–Kier alpha value is -1.12. The van der Waals surface area contributed by atoms with Crippen molar-refractivity contribution >= 4 is 5.57 Å². The van der Waals surface area contributed by atoms with Crippen molar-refractivity contribution in [3.8, 4) is 0 Å². The predicted octanol–water partition coefficient (Wildman–Crippen LogP) is 3.42. The van der Waals surface area contributed by atoms with Gasteiger partial charge in [0, 0.05) is 20.1 Å². The van der Waals surface area contributed by atoms with Crippen molar-refractivity contribution in [3.63, 3.8) is 0 Å². The van der Waals surface area contributed by atoms with Gasteiger partial charge in [-0.1, -0.05) is 29.8 Å². The monoisotopic (exact) mass is 244 g/mol. The maximum absolute atomic E-state index is 5.49. The Morgan fingerprint density at radius 1 is 1.17 bits per heavy atom. The maximum Gasteiger partial charge on any atom is 0.163 e. The van der Waals surface area contributed by atoms with Crippen molar-refractivity contribution in [2.45, 2.75) is 32.0 Å². The quantitative estimate of drug-likeness (QED) is 0.759. The van der Waals surface area contributed by atoms with Crippen LogP contribution in [0, 0.1) is 5.92 Å². The summed E-state index contributed by atoms with van der Waals surface area (Å²) in [5, 5.41) is 0. The van der Waals surface area contributed by atoms with Crippen molar-refractivity contribution in [2.75, 3.05) is 14.2 Å². The van der Waals surface area contributed by atoms with E-state index in [4.69, 9.17) is 9.47 Å². The lowest BCUT2D eigenvalue weighted by atomic mass is 9.82.